The highest BCUT2D eigenvalue weighted by Gasteiger charge is 2.20. The summed E-state index contributed by atoms with van der Waals surface area (Å²) in [5.41, 5.74) is -0.305. The van der Waals surface area contributed by atoms with Gasteiger partial charge in [-0.2, -0.15) is 0 Å². The van der Waals surface area contributed by atoms with Crippen molar-refractivity contribution in [2.24, 2.45) is 10.8 Å². The van der Waals surface area contributed by atoms with Gasteiger partial charge in [-0.1, -0.05) is 35.1 Å². The Morgan fingerprint density at radius 3 is 1.26 bits per heavy atom. The van der Waals surface area contributed by atoms with Crippen LogP contribution in [0.3, 0.4) is 0 Å². The van der Waals surface area contributed by atoms with Crippen molar-refractivity contribution in [2.75, 3.05) is 0 Å². The summed E-state index contributed by atoms with van der Waals surface area (Å²) >= 11 is 0. The molecule has 0 heterocycles. The first-order valence-electron chi connectivity index (χ1n) is 8.02. The Labute approximate surface area is 141 Å². The molecule has 0 bridgehead atoms. The van der Waals surface area contributed by atoms with Crippen molar-refractivity contribution in [1.82, 2.24) is 0 Å². The number of hydrogen-bond donors (Lipinski definition) is 0. The van der Waals surface area contributed by atoms with E-state index in [2.05, 4.69) is 0 Å². The van der Waals surface area contributed by atoms with E-state index in [1.165, 1.54) is 0 Å². The van der Waals surface area contributed by atoms with Crippen molar-refractivity contribution in [3.05, 3.63) is 0 Å². The highest BCUT2D eigenvalue weighted by Crippen LogP contribution is 2.27. The largest absolute Gasteiger partial charge is 0.303 e. The molecule has 4 nitrogen and oxygen atoms in total. The smallest absolute Gasteiger partial charge is 0.133 e. The zero-order valence-corrected chi connectivity index (χ0v) is 14.4. The lowest BCUT2D eigenvalue weighted by atomic mass is 9.83. The van der Waals surface area contributed by atoms with Gasteiger partial charge in [0.05, 0.1) is 0 Å². The second kappa shape index (κ2) is 11.3. The zero-order valence-electron chi connectivity index (χ0n) is 14.4. The molecule has 4 heteroatoms. The quantitative estimate of drug-likeness (QED) is 0.472. The Morgan fingerprint density at radius 2 is 1.00 bits per heavy atom. The fourth-order valence-corrected chi connectivity index (χ4v) is 2.14. The molecule has 0 rings (SSSR count). The van der Waals surface area contributed by atoms with Crippen molar-refractivity contribution < 1.29 is 19.2 Å². The number of rotatable bonds is 13. The summed E-state index contributed by atoms with van der Waals surface area (Å²) in [6.45, 7) is 7.87. The fourth-order valence-electron chi connectivity index (χ4n) is 2.14. The maximum atomic E-state index is 11.8. The molecule has 0 aromatic heterocycles. The van der Waals surface area contributed by atoms with E-state index in [0.717, 1.165) is 12.6 Å². The standard InChI is InChI=1S/C18H30O4.CH4/c1-17(2,11-13-19)9-7-15(21)5-6-16(22)8-10-18(3,4)12-14-20;/h13-14H,5-12H2,1-4H3;1H4. The molecule has 134 valence electrons. The minimum Gasteiger partial charge on any atom is -0.303 e. The molecule has 0 aliphatic rings. The number of hydrogen-bond acceptors (Lipinski definition) is 4. The summed E-state index contributed by atoms with van der Waals surface area (Å²) in [5.74, 6) is 0.166. The monoisotopic (exact) mass is 326 g/mol. The third-order valence-corrected chi connectivity index (χ3v) is 4.12. The molecule has 0 aliphatic heterocycles. The first-order chi connectivity index (χ1) is 10.1. The Balaban J connectivity index is 0. The average molecular weight is 326 g/mol. The molecule has 0 aromatic carbocycles. The van der Waals surface area contributed by atoms with Gasteiger partial charge in [-0.25, -0.2) is 0 Å². The van der Waals surface area contributed by atoms with Crippen molar-refractivity contribution >= 4 is 24.1 Å². The average Bonchev–Trinajstić information content (AvgIpc) is 2.41. The molecule has 0 amide bonds. The maximum absolute atomic E-state index is 11.8. The van der Waals surface area contributed by atoms with Crippen LogP contribution in [-0.2, 0) is 19.2 Å². The SMILES string of the molecule is C.CC(C)(CC=O)CCC(=O)CCC(=O)CCC(C)(C)CC=O. The van der Waals surface area contributed by atoms with Gasteiger partial charge in [0, 0.05) is 38.5 Å². The molecule has 0 saturated carbocycles. The number of carbonyl (C=O) groups is 4. The molecule has 0 spiro atoms. The molecule has 0 aromatic rings. The third kappa shape index (κ3) is 12.9. The van der Waals surface area contributed by atoms with Crippen molar-refractivity contribution in [1.29, 1.82) is 0 Å². The van der Waals surface area contributed by atoms with E-state index >= 15 is 0 Å². The topological polar surface area (TPSA) is 68.3 Å². The van der Waals surface area contributed by atoms with E-state index < -0.39 is 0 Å². The molecule has 0 aliphatic carbocycles. The maximum Gasteiger partial charge on any atom is 0.133 e. The highest BCUT2D eigenvalue weighted by atomic mass is 16.1. The van der Waals surface area contributed by atoms with Crippen LogP contribution < -0.4 is 0 Å². The first-order valence-corrected chi connectivity index (χ1v) is 8.02. The van der Waals surface area contributed by atoms with Crippen molar-refractivity contribution in [3.8, 4) is 0 Å². The van der Waals surface area contributed by atoms with E-state index in [9.17, 15) is 19.2 Å². The Morgan fingerprint density at radius 1 is 0.696 bits per heavy atom. The van der Waals surface area contributed by atoms with Crippen LogP contribution in [0.15, 0.2) is 0 Å². The number of carbonyl (C=O) groups excluding carboxylic acids is 4. The van der Waals surface area contributed by atoms with Crippen LogP contribution in [0, 0.1) is 10.8 Å². The molecular weight excluding hydrogens is 292 g/mol. The summed E-state index contributed by atoms with van der Waals surface area (Å²) in [5, 5.41) is 0. The molecule has 0 saturated heterocycles. The predicted octanol–water partition coefficient (Wildman–Crippen LogP) is 4.33. The van der Waals surface area contributed by atoms with Crippen molar-refractivity contribution in [3.63, 3.8) is 0 Å². The van der Waals surface area contributed by atoms with Crippen molar-refractivity contribution in [2.45, 2.75) is 86.5 Å². The van der Waals surface area contributed by atoms with Crippen LogP contribution in [0.2, 0.25) is 0 Å². The van der Waals surface area contributed by atoms with Crippen LogP contribution in [0.25, 0.3) is 0 Å². The summed E-state index contributed by atoms with van der Waals surface area (Å²) in [6.07, 6.45) is 5.42. The van der Waals surface area contributed by atoms with E-state index in [1.807, 2.05) is 27.7 Å². The predicted molar refractivity (Wildman–Crippen MR) is 93.4 cm³/mol. The van der Waals surface area contributed by atoms with Gasteiger partial charge >= 0.3 is 0 Å². The molecule has 0 N–H and O–H groups in total. The minimum absolute atomic E-state index is 0. The molecular formula is C19H34O4. The molecule has 23 heavy (non-hydrogen) atoms. The van der Waals surface area contributed by atoms with Gasteiger partial charge in [0.25, 0.3) is 0 Å². The van der Waals surface area contributed by atoms with Gasteiger partial charge in [0.1, 0.15) is 24.1 Å². The van der Waals surface area contributed by atoms with Crippen LogP contribution in [0.4, 0.5) is 0 Å². The van der Waals surface area contributed by atoms with Gasteiger partial charge in [0.2, 0.25) is 0 Å². The summed E-state index contributed by atoms with van der Waals surface area (Å²) in [6, 6.07) is 0. The van der Waals surface area contributed by atoms with Gasteiger partial charge < -0.3 is 9.59 Å². The number of aldehydes is 2. The van der Waals surface area contributed by atoms with E-state index in [1.54, 1.807) is 0 Å². The van der Waals surface area contributed by atoms with Gasteiger partial charge in [-0.15, -0.1) is 0 Å². The summed E-state index contributed by atoms with van der Waals surface area (Å²) in [4.78, 5) is 44.7. The minimum atomic E-state index is -0.153. The lowest BCUT2D eigenvalue weighted by molar-refractivity contribution is -0.125. The third-order valence-electron chi connectivity index (χ3n) is 4.12. The van der Waals surface area contributed by atoms with Crippen LogP contribution in [-0.4, -0.2) is 24.1 Å². The summed E-state index contributed by atoms with van der Waals surface area (Å²) in [7, 11) is 0. The first kappa shape index (κ1) is 23.9. The van der Waals surface area contributed by atoms with Crippen LogP contribution >= 0.6 is 0 Å². The molecule has 0 atom stereocenters. The normalized spacial score (nSPS) is 11.5. The Kier molecular flexibility index (Phi) is 11.7. The van der Waals surface area contributed by atoms with Gasteiger partial charge in [-0.3, -0.25) is 9.59 Å². The number of Topliss-reactive ketones (excluding diaryl/α,β-unsaturated/α-hetero) is 2. The Bertz CT molecular complexity index is 356. The molecule has 0 unspecified atom stereocenters. The second-order valence-corrected chi connectivity index (χ2v) is 7.65. The Hall–Kier alpha value is -1.32. The van der Waals surface area contributed by atoms with Crippen LogP contribution in [0.5, 0.6) is 0 Å². The van der Waals surface area contributed by atoms with Crippen LogP contribution in [0.1, 0.15) is 86.5 Å². The molecule has 0 fully saturated rings. The second-order valence-electron chi connectivity index (χ2n) is 7.65. The van der Waals surface area contributed by atoms with Gasteiger partial charge in [0.15, 0.2) is 0 Å². The zero-order chi connectivity index (χ0) is 17.2. The van der Waals surface area contributed by atoms with E-state index in [0.29, 0.717) is 38.5 Å². The lowest BCUT2D eigenvalue weighted by Gasteiger charge is -2.21. The number of ketones is 2. The van der Waals surface area contributed by atoms with Gasteiger partial charge in [-0.05, 0) is 23.7 Å². The highest BCUT2D eigenvalue weighted by molar-refractivity contribution is 5.86. The van der Waals surface area contributed by atoms with E-state index in [4.69, 9.17) is 0 Å². The summed E-state index contributed by atoms with van der Waals surface area (Å²) < 4.78 is 0. The fraction of sp³-hybridized carbons (Fsp3) is 0.789. The lowest BCUT2D eigenvalue weighted by Crippen LogP contribution is -2.16. The van der Waals surface area contributed by atoms with E-state index in [-0.39, 0.29) is 42.7 Å². The molecule has 0 radical (unpaired) electrons.